The normalized spacial score (nSPS) is 12.6. The Balaban J connectivity index is 0.00000108. The second-order valence-corrected chi connectivity index (χ2v) is 4.36. The van der Waals surface area contributed by atoms with Gasteiger partial charge in [0.1, 0.15) is 0 Å². The SMILES string of the molecule is C.Cc1ccccc1C1=Cc2ccccc2C1. The number of aryl methyl sites for hydroxylation is 1. The van der Waals surface area contributed by atoms with E-state index in [-0.39, 0.29) is 7.43 Å². The molecule has 0 bridgehead atoms. The van der Waals surface area contributed by atoms with Crippen molar-refractivity contribution >= 4 is 11.6 Å². The van der Waals surface area contributed by atoms with Gasteiger partial charge in [-0.25, -0.2) is 0 Å². The van der Waals surface area contributed by atoms with Gasteiger partial charge in [0.15, 0.2) is 0 Å². The van der Waals surface area contributed by atoms with E-state index in [4.69, 9.17) is 0 Å². The molecule has 2 aromatic rings. The van der Waals surface area contributed by atoms with Gasteiger partial charge in [0.05, 0.1) is 0 Å². The minimum absolute atomic E-state index is 0. The van der Waals surface area contributed by atoms with E-state index in [9.17, 15) is 0 Å². The van der Waals surface area contributed by atoms with Crippen LogP contribution in [0.1, 0.15) is 29.7 Å². The Bertz CT molecular complexity index is 562. The number of rotatable bonds is 1. The van der Waals surface area contributed by atoms with Gasteiger partial charge in [0.2, 0.25) is 0 Å². The van der Waals surface area contributed by atoms with Crippen LogP contribution in [0.3, 0.4) is 0 Å². The summed E-state index contributed by atoms with van der Waals surface area (Å²) in [7, 11) is 0. The van der Waals surface area contributed by atoms with E-state index < -0.39 is 0 Å². The van der Waals surface area contributed by atoms with Crippen LogP contribution in [-0.2, 0) is 6.42 Å². The van der Waals surface area contributed by atoms with Gasteiger partial charge in [-0.15, -0.1) is 0 Å². The molecule has 0 radical (unpaired) electrons. The fraction of sp³-hybridized carbons (Fsp3) is 0.176. The molecule has 0 saturated carbocycles. The Hall–Kier alpha value is -1.82. The first-order valence-electron chi connectivity index (χ1n) is 5.69. The molecule has 17 heavy (non-hydrogen) atoms. The Kier molecular flexibility index (Phi) is 3.14. The van der Waals surface area contributed by atoms with Crippen LogP contribution in [-0.4, -0.2) is 0 Å². The van der Waals surface area contributed by atoms with Crippen LogP contribution in [0, 0.1) is 6.92 Å². The molecule has 0 nitrogen and oxygen atoms in total. The smallest absolute Gasteiger partial charge is 0.00136 e. The van der Waals surface area contributed by atoms with E-state index >= 15 is 0 Å². The van der Waals surface area contributed by atoms with Gasteiger partial charge in [-0.1, -0.05) is 62.0 Å². The van der Waals surface area contributed by atoms with Gasteiger partial charge >= 0.3 is 0 Å². The lowest BCUT2D eigenvalue weighted by Gasteiger charge is -2.05. The number of benzene rings is 2. The van der Waals surface area contributed by atoms with Crippen molar-refractivity contribution in [2.24, 2.45) is 0 Å². The topological polar surface area (TPSA) is 0 Å². The first-order valence-corrected chi connectivity index (χ1v) is 5.69. The zero-order valence-corrected chi connectivity index (χ0v) is 9.40. The van der Waals surface area contributed by atoms with Crippen LogP contribution in [0.5, 0.6) is 0 Å². The highest BCUT2D eigenvalue weighted by atomic mass is 14.2. The maximum absolute atomic E-state index is 2.32. The average molecular weight is 222 g/mol. The molecule has 0 saturated heterocycles. The summed E-state index contributed by atoms with van der Waals surface area (Å²) in [6.07, 6.45) is 3.39. The standard InChI is InChI=1S/C16H14.CH4/c1-12-6-2-5-9-16(12)15-10-13-7-3-4-8-14(13)11-15;/h2-10H,11H2,1H3;1H4. The van der Waals surface area contributed by atoms with Crippen LogP contribution >= 0.6 is 0 Å². The van der Waals surface area contributed by atoms with Gasteiger partial charge in [0.25, 0.3) is 0 Å². The fourth-order valence-corrected chi connectivity index (χ4v) is 2.39. The van der Waals surface area contributed by atoms with Crippen molar-refractivity contribution in [2.75, 3.05) is 0 Å². The Morgan fingerprint density at radius 1 is 0.882 bits per heavy atom. The molecule has 0 amide bonds. The lowest BCUT2D eigenvalue weighted by Crippen LogP contribution is -1.88. The maximum Gasteiger partial charge on any atom is -0.00136 e. The van der Waals surface area contributed by atoms with E-state index in [0.717, 1.165) is 6.42 Å². The van der Waals surface area contributed by atoms with Gasteiger partial charge in [-0.2, -0.15) is 0 Å². The second-order valence-electron chi connectivity index (χ2n) is 4.36. The van der Waals surface area contributed by atoms with Crippen molar-refractivity contribution in [2.45, 2.75) is 20.8 Å². The molecule has 0 heteroatoms. The highest BCUT2D eigenvalue weighted by molar-refractivity contribution is 5.89. The Morgan fingerprint density at radius 2 is 1.59 bits per heavy atom. The van der Waals surface area contributed by atoms with Crippen molar-refractivity contribution in [3.05, 3.63) is 70.8 Å². The largest absolute Gasteiger partial charge is 0.0776 e. The molecule has 0 heterocycles. The molecule has 0 aromatic heterocycles. The van der Waals surface area contributed by atoms with Gasteiger partial charge < -0.3 is 0 Å². The maximum atomic E-state index is 2.32. The second kappa shape index (κ2) is 4.58. The summed E-state index contributed by atoms with van der Waals surface area (Å²) in [5, 5.41) is 0. The molecule has 2 aromatic carbocycles. The quantitative estimate of drug-likeness (QED) is 0.654. The highest BCUT2D eigenvalue weighted by Crippen LogP contribution is 2.32. The molecule has 0 unspecified atom stereocenters. The molecular weight excluding hydrogens is 204 g/mol. The van der Waals surface area contributed by atoms with E-state index in [1.54, 1.807) is 0 Å². The zero-order valence-electron chi connectivity index (χ0n) is 9.40. The van der Waals surface area contributed by atoms with E-state index in [2.05, 4.69) is 61.5 Å². The van der Waals surface area contributed by atoms with Crippen LogP contribution < -0.4 is 0 Å². The predicted octanol–water partition coefficient (Wildman–Crippen LogP) is 4.73. The lowest BCUT2D eigenvalue weighted by atomic mass is 9.99. The summed E-state index contributed by atoms with van der Waals surface area (Å²) >= 11 is 0. The van der Waals surface area contributed by atoms with Crippen molar-refractivity contribution in [3.8, 4) is 0 Å². The van der Waals surface area contributed by atoms with Crippen LogP contribution in [0.15, 0.2) is 48.5 Å². The minimum atomic E-state index is 0. The first kappa shape index (κ1) is 11.7. The predicted molar refractivity (Wildman–Crippen MR) is 75.9 cm³/mol. The Morgan fingerprint density at radius 3 is 2.35 bits per heavy atom. The van der Waals surface area contributed by atoms with Crippen molar-refractivity contribution in [3.63, 3.8) is 0 Å². The fourth-order valence-electron chi connectivity index (χ4n) is 2.39. The molecule has 0 fully saturated rings. The molecule has 3 rings (SSSR count). The third kappa shape index (κ3) is 2.03. The molecule has 1 aliphatic rings. The van der Waals surface area contributed by atoms with Crippen molar-refractivity contribution < 1.29 is 0 Å². The van der Waals surface area contributed by atoms with Crippen LogP contribution in [0.4, 0.5) is 0 Å². The summed E-state index contributed by atoms with van der Waals surface area (Å²) in [4.78, 5) is 0. The summed E-state index contributed by atoms with van der Waals surface area (Å²) in [6.45, 7) is 2.18. The summed E-state index contributed by atoms with van der Waals surface area (Å²) < 4.78 is 0. The number of fused-ring (bicyclic) bond motifs is 1. The number of hydrogen-bond acceptors (Lipinski definition) is 0. The first-order chi connectivity index (χ1) is 7.84. The van der Waals surface area contributed by atoms with Gasteiger partial charge in [-0.05, 0) is 41.2 Å². The van der Waals surface area contributed by atoms with Crippen LogP contribution in [0.2, 0.25) is 0 Å². The molecule has 1 aliphatic carbocycles. The van der Waals surface area contributed by atoms with Crippen molar-refractivity contribution in [1.29, 1.82) is 0 Å². The molecule has 0 spiro atoms. The molecule has 0 N–H and O–H groups in total. The Labute approximate surface area is 104 Å². The number of hydrogen-bond donors (Lipinski definition) is 0. The summed E-state index contributed by atoms with van der Waals surface area (Å²) in [5.74, 6) is 0. The van der Waals surface area contributed by atoms with Gasteiger partial charge in [0, 0.05) is 0 Å². The molecule has 0 atom stereocenters. The lowest BCUT2D eigenvalue weighted by molar-refractivity contribution is 1.30. The summed E-state index contributed by atoms with van der Waals surface area (Å²) in [5.41, 5.74) is 7.01. The van der Waals surface area contributed by atoms with Crippen LogP contribution in [0.25, 0.3) is 11.6 Å². The summed E-state index contributed by atoms with van der Waals surface area (Å²) in [6, 6.07) is 17.3. The third-order valence-electron chi connectivity index (χ3n) is 3.26. The number of allylic oxidation sites excluding steroid dienone is 1. The third-order valence-corrected chi connectivity index (χ3v) is 3.26. The van der Waals surface area contributed by atoms with E-state index in [1.807, 2.05) is 0 Å². The van der Waals surface area contributed by atoms with Crippen molar-refractivity contribution in [1.82, 2.24) is 0 Å². The zero-order chi connectivity index (χ0) is 11.0. The molecular formula is C17H18. The van der Waals surface area contributed by atoms with E-state index in [0.29, 0.717) is 0 Å². The van der Waals surface area contributed by atoms with E-state index in [1.165, 1.54) is 27.8 Å². The highest BCUT2D eigenvalue weighted by Gasteiger charge is 2.14. The van der Waals surface area contributed by atoms with Gasteiger partial charge in [-0.3, -0.25) is 0 Å². The molecule has 0 aliphatic heterocycles. The minimum Gasteiger partial charge on any atom is -0.0776 e. The molecule has 86 valence electrons. The monoisotopic (exact) mass is 222 g/mol. The average Bonchev–Trinajstić information content (AvgIpc) is 2.73.